The van der Waals surface area contributed by atoms with Crippen molar-refractivity contribution in [3.8, 4) is 40.1 Å². The summed E-state index contributed by atoms with van der Waals surface area (Å²) in [6.45, 7) is 22.6. The zero-order valence-electron chi connectivity index (χ0n) is 52.3. The quantitative estimate of drug-likeness (QED) is 0.0438. The number of unbranched alkanes of at least 4 members (excludes halogenated alkanes) is 2. The average molecular weight is 1180 g/mol. The molecule has 4 aromatic heterocycles. The number of aryl methyl sites for hydroxylation is 2. The molecule has 0 aliphatic carbocycles. The summed E-state index contributed by atoms with van der Waals surface area (Å²) in [4.78, 5) is 15.2. The molecule has 0 bridgehead atoms. The van der Waals surface area contributed by atoms with Gasteiger partial charge in [0.15, 0.2) is 11.2 Å². The fourth-order valence-electron chi connectivity index (χ4n) is 12.9. The van der Waals surface area contributed by atoms with Crippen LogP contribution in [0.2, 0.25) is 0 Å². The second-order valence-corrected chi connectivity index (χ2v) is 23.8. The van der Waals surface area contributed by atoms with Crippen LogP contribution in [-0.2, 0) is 0 Å². The first kappa shape index (κ1) is 60.3. The zero-order valence-corrected chi connectivity index (χ0v) is 52.3. The molecule has 0 aliphatic heterocycles. The maximum absolute atomic E-state index is 12.5. The van der Waals surface area contributed by atoms with Crippen LogP contribution in [0.4, 0.5) is 0 Å². The Morgan fingerprint density at radius 3 is 1.34 bits per heavy atom. The zero-order chi connectivity index (χ0) is 62.1. The number of fused-ring (bicyclic) bond motifs is 3. The number of rotatable bonds is 24. The number of hydrogen-bond donors (Lipinski definition) is 0. The Labute approximate surface area is 528 Å². The first-order valence-corrected chi connectivity index (χ1v) is 32.0. The Kier molecular flexibility index (Phi) is 18.5. The van der Waals surface area contributed by atoms with Gasteiger partial charge >= 0.3 is 13.7 Å². The van der Waals surface area contributed by atoms with Crippen molar-refractivity contribution in [2.24, 2.45) is 11.8 Å². The van der Waals surface area contributed by atoms with Crippen LogP contribution in [0, 0.1) is 43.6 Å². The summed E-state index contributed by atoms with van der Waals surface area (Å²) in [5.74, 6) is 2.43. The summed E-state index contributed by atoms with van der Waals surface area (Å²) in [7, 11) is 0. The predicted octanol–water partition coefficient (Wildman–Crippen LogP) is 15.0. The van der Waals surface area contributed by atoms with E-state index >= 15 is 0 Å². The lowest BCUT2D eigenvalue weighted by Crippen LogP contribution is -2.54. The van der Waals surface area contributed by atoms with Gasteiger partial charge in [-0.05, 0) is 98.2 Å². The number of oxazole rings is 2. The number of benzene rings is 8. The number of nitrogens with zero attached hydrogens (tertiary/aromatic N) is 6. The van der Waals surface area contributed by atoms with Gasteiger partial charge in [-0.15, -0.1) is 0 Å². The molecule has 0 spiro atoms. The first-order valence-electron chi connectivity index (χ1n) is 32.0. The summed E-state index contributed by atoms with van der Waals surface area (Å²) in [5.41, 5.74) is 11.6. The van der Waals surface area contributed by atoms with Gasteiger partial charge in [-0.1, -0.05) is 246 Å². The molecule has 2 unspecified atom stereocenters. The van der Waals surface area contributed by atoms with E-state index in [0.29, 0.717) is 80.2 Å². The second-order valence-electron chi connectivity index (χ2n) is 23.8. The normalized spacial score (nSPS) is 12.8. The minimum atomic E-state index is -0.608. The van der Waals surface area contributed by atoms with Crippen LogP contribution in [0.1, 0.15) is 102 Å². The summed E-state index contributed by atoms with van der Waals surface area (Å²) in [6, 6.07) is 73.2. The third-order valence-corrected chi connectivity index (χ3v) is 17.6. The van der Waals surface area contributed by atoms with Gasteiger partial charge in [0.25, 0.3) is 5.70 Å². The van der Waals surface area contributed by atoms with Crippen LogP contribution in [0.25, 0.3) is 71.6 Å². The fraction of sp³-hybridized carbons (Fsp3) is 0.231. The van der Waals surface area contributed by atoms with E-state index in [1.165, 1.54) is 0 Å². The lowest BCUT2D eigenvalue weighted by molar-refractivity contribution is 0.233. The molecule has 0 saturated heterocycles. The van der Waals surface area contributed by atoms with E-state index in [9.17, 15) is 11.8 Å². The lowest BCUT2D eigenvalue weighted by Gasteiger charge is -2.24. The average Bonchev–Trinajstić information content (AvgIpc) is 1.52. The molecule has 8 aromatic carbocycles. The molecule has 2 atom stereocenters. The van der Waals surface area contributed by atoms with Crippen molar-refractivity contribution in [2.45, 2.75) is 92.9 Å². The van der Waals surface area contributed by atoms with Crippen molar-refractivity contribution in [2.75, 3.05) is 13.2 Å². The van der Waals surface area contributed by atoms with E-state index in [1.807, 2.05) is 86.6 Å². The van der Waals surface area contributed by atoms with Crippen molar-refractivity contribution >= 4 is 79.8 Å². The van der Waals surface area contributed by atoms with Gasteiger partial charge < -0.3 is 27.3 Å². The van der Waals surface area contributed by atoms with Crippen LogP contribution < -0.4 is 42.0 Å². The molecular weight excluding hydrogens is 1110 g/mol. The molecule has 4 heterocycles. The Morgan fingerprint density at radius 1 is 0.522 bits per heavy atom. The highest BCUT2D eigenvalue weighted by Crippen LogP contribution is 2.39. The number of aromatic nitrogens is 4. The molecule has 0 saturated carbocycles. The summed E-state index contributed by atoms with van der Waals surface area (Å²) < 4.78 is 32.3. The van der Waals surface area contributed by atoms with E-state index < -0.39 is 13.7 Å². The van der Waals surface area contributed by atoms with Crippen molar-refractivity contribution in [1.82, 2.24) is 18.9 Å². The van der Waals surface area contributed by atoms with Gasteiger partial charge in [0.2, 0.25) is 11.8 Å². The van der Waals surface area contributed by atoms with Gasteiger partial charge in [-0.3, -0.25) is 0 Å². The van der Waals surface area contributed by atoms with E-state index in [1.54, 1.807) is 0 Å². The molecule has 12 heteroatoms. The smallest absolute Gasteiger partial charge is 0.328 e. The molecule has 0 N–H and O–H groups in total. The third kappa shape index (κ3) is 12.3. The van der Waals surface area contributed by atoms with E-state index in [2.05, 4.69) is 181 Å². The van der Waals surface area contributed by atoms with Crippen LogP contribution in [0.5, 0.6) is 11.5 Å². The third-order valence-electron chi connectivity index (χ3n) is 17.6. The molecule has 10 nitrogen and oxygen atoms in total. The Hall–Kier alpha value is -10.0. The van der Waals surface area contributed by atoms with E-state index in [-0.39, 0.29) is 23.1 Å². The van der Waals surface area contributed by atoms with Crippen LogP contribution in [0.15, 0.2) is 215 Å². The van der Waals surface area contributed by atoms with Crippen LogP contribution in [0.3, 0.4) is 0 Å². The predicted molar refractivity (Wildman–Crippen MR) is 369 cm³/mol. The SMILES string of the molecule is [C-]#[N+]/C(c1nc2cc(C)ccc2o1)=c1\c2c(-c3cccc(OCC(CC)CCCC)c3)n(B(c3ccccc3)c3ccccc3)/c(=C(/C#N)c3nc4cc(C)ccc4o3)c2c(-c2cccc(OCC(CC)CCCC)c2)n1B(c1ccccc1)c1ccccc1. The molecule has 12 rings (SSSR count). The highest BCUT2D eigenvalue weighted by atomic mass is 16.5. The maximum atomic E-state index is 12.5. The molecule has 0 fully saturated rings. The summed E-state index contributed by atoms with van der Waals surface area (Å²) >= 11 is 0. The minimum Gasteiger partial charge on any atom is -0.493 e. The maximum Gasteiger partial charge on any atom is 0.328 e. The molecule has 90 heavy (non-hydrogen) atoms. The largest absolute Gasteiger partial charge is 0.493 e. The summed E-state index contributed by atoms with van der Waals surface area (Å²) in [6.07, 6.45) is 8.57. The van der Waals surface area contributed by atoms with Gasteiger partial charge in [0, 0.05) is 33.3 Å². The number of nitriles is 1. The van der Waals surface area contributed by atoms with Crippen LogP contribution >= 0.6 is 0 Å². The molecular formula is C78H74B2N6O4. The number of hydrogen-bond acceptors (Lipinski definition) is 7. The van der Waals surface area contributed by atoms with Crippen molar-refractivity contribution in [3.05, 3.63) is 251 Å². The molecule has 12 aromatic rings. The van der Waals surface area contributed by atoms with Crippen molar-refractivity contribution in [3.63, 3.8) is 0 Å². The second kappa shape index (κ2) is 27.6. The molecule has 446 valence electrons. The molecule has 0 aliphatic rings. The highest BCUT2D eigenvalue weighted by Gasteiger charge is 2.38. The minimum absolute atomic E-state index is 0.154. The molecule has 0 amide bonds. The fourth-order valence-corrected chi connectivity index (χ4v) is 12.9. The highest BCUT2D eigenvalue weighted by molar-refractivity contribution is 6.85. The number of ether oxygens (including phenoxy) is 2. The monoisotopic (exact) mass is 1180 g/mol. The van der Waals surface area contributed by atoms with Gasteiger partial charge in [0.05, 0.1) is 30.5 Å². The van der Waals surface area contributed by atoms with Gasteiger partial charge in [-0.2, -0.15) is 5.26 Å². The van der Waals surface area contributed by atoms with Crippen molar-refractivity contribution in [1.29, 1.82) is 5.26 Å². The Morgan fingerprint density at radius 2 is 0.933 bits per heavy atom. The Bertz CT molecular complexity index is 4320. The topological polar surface area (TPSA) is 109 Å². The van der Waals surface area contributed by atoms with Crippen LogP contribution in [-0.4, -0.2) is 45.8 Å². The van der Waals surface area contributed by atoms with Gasteiger partial charge in [0.1, 0.15) is 34.2 Å². The Balaban J connectivity index is 1.37. The first-order chi connectivity index (χ1) is 44.2. The van der Waals surface area contributed by atoms with E-state index in [4.69, 9.17) is 28.3 Å². The lowest BCUT2D eigenvalue weighted by atomic mass is 9.50. The summed E-state index contributed by atoms with van der Waals surface area (Å²) in [5, 5.41) is 14.9. The van der Waals surface area contributed by atoms with E-state index in [0.717, 1.165) is 107 Å². The molecule has 0 radical (unpaired) electrons. The van der Waals surface area contributed by atoms with Gasteiger partial charge in [-0.25, -0.2) is 14.8 Å². The standard InChI is InChI=1S/C78H74B2N6O4/c1-8-12-28-55(10-3)51-87-63-40-26-30-57(48-63)73-70-71(76(72(82-7)78-84-67-47-54(6)43-45-69(67)90-78)86(73)80(61-36-22-16-23-37-61)62-38-24-17-25-39-62)74(58-31-27-41-64(49-58)88-52-56(11-4)29-13-9-2)85(79(59-32-18-14-19-33-59)60-34-20-15-21-35-60)75(70)65(50-81)77-83-66-46-53(5)42-44-68(66)89-77/h14-27,30-49,55-56H,8-13,28-29,51-52H2,1-6H3/b75-65-,76-72+. The van der Waals surface area contributed by atoms with Crippen molar-refractivity contribution < 1.29 is 18.3 Å².